The summed E-state index contributed by atoms with van der Waals surface area (Å²) in [5, 5.41) is 2.95. The SMILES string of the molecule is Cc1cccc(CNC(=O)[C@@H]2c3ccccc3CC(=O)N2C)c1. The fourth-order valence-electron chi connectivity index (χ4n) is 3.03. The first-order chi connectivity index (χ1) is 11.1. The van der Waals surface area contributed by atoms with Gasteiger partial charge in [0.25, 0.3) is 0 Å². The van der Waals surface area contributed by atoms with Crippen molar-refractivity contribution in [2.75, 3.05) is 7.05 Å². The molecule has 0 unspecified atom stereocenters. The van der Waals surface area contributed by atoms with Crippen molar-refractivity contribution in [3.63, 3.8) is 0 Å². The number of rotatable bonds is 3. The molecule has 0 saturated carbocycles. The Morgan fingerprint density at radius 3 is 2.78 bits per heavy atom. The maximum Gasteiger partial charge on any atom is 0.247 e. The molecule has 118 valence electrons. The fourth-order valence-corrected chi connectivity index (χ4v) is 3.03. The molecule has 23 heavy (non-hydrogen) atoms. The molecule has 0 fully saturated rings. The quantitative estimate of drug-likeness (QED) is 0.946. The third kappa shape index (κ3) is 3.11. The van der Waals surface area contributed by atoms with E-state index >= 15 is 0 Å². The van der Waals surface area contributed by atoms with Gasteiger partial charge < -0.3 is 10.2 Å². The zero-order valence-electron chi connectivity index (χ0n) is 13.4. The number of carbonyl (C=O) groups excluding carboxylic acids is 2. The summed E-state index contributed by atoms with van der Waals surface area (Å²) < 4.78 is 0. The summed E-state index contributed by atoms with van der Waals surface area (Å²) in [6.45, 7) is 2.48. The van der Waals surface area contributed by atoms with Crippen molar-refractivity contribution in [2.24, 2.45) is 0 Å². The molecule has 0 aromatic heterocycles. The summed E-state index contributed by atoms with van der Waals surface area (Å²) in [4.78, 5) is 26.3. The molecule has 0 aliphatic carbocycles. The maximum atomic E-state index is 12.7. The van der Waals surface area contributed by atoms with Crippen LogP contribution < -0.4 is 5.32 Å². The van der Waals surface area contributed by atoms with Crippen LogP contribution in [-0.2, 0) is 22.6 Å². The number of carbonyl (C=O) groups is 2. The predicted molar refractivity (Wildman–Crippen MR) is 88.7 cm³/mol. The summed E-state index contributed by atoms with van der Waals surface area (Å²) in [6, 6.07) is 15.1. The molecule has 1 aliphatic heterocycles. The molecule has 0 saturated heterocycles. The highest BCUT2D eigenvalue weighted by molar-refractivity contribution is 5.92. The maximum absolute atomic E-state index is 12.7. The zero-order valence-corrected chi connectivity index (χ0v) is 13.4. The fraction of sp³-hybridized carbons (Fsp3) is 0.263. The first kappa shape index (κ1) is 15.3. The van der Waals surface area contributed by atoms with E-state index in [0.717, 1.165) is 22.3 Å². The normalized spacial score (nSPS) is 16.9. The highest BCUT2D eigenvalue weighted by Gasteiger charge is 2.34. The van der Waals surface area contributed by atoms with Gasteiger partial charge in [-0.2, -0.15) is 0 Å². The molecule has 1 aliphatic rings. The molecule has 1 N–H and O–H groups in total. The lowest BCUT2D eigenvalue weighted by atomic mass is 9.92. The van der Waals surface area contributed by atoms with Crippen molar-refractivity contribution in [3.05, 3.63) is 70.8 Å². The van der Waals surface area contributed by atoms with Crippen LogP contribution in [0.15, 0.2) is 48.5 Å². The number of hydrogen-bond acceptors (Lipinski definition) is 2. The molecule has 3 rings (SSSR count). The van der Waals surface area contributed by atoms with Crippen molar-refractivity contribution in [1.29, 1.82) is 0 Å². The molecule has 1 heterocycles. The third-order valence-electron chi connectivity index (χ3n) is 4.27. The third-order valence-corrected chi connectivity index (χ3v) is 4.27. The van der Waals surface area contributed by atoms with Crippen molar-refractivity contribution in [1.82, 2.24) is 10.2 Å². The predicted octanol–water partition coefficient (Wildman–Crippen LogP) is 2.37. The molecule has 2 aromatic rings. The topological polar surface area (TPSA) is 49.4 Å². The van der Waals surface area contributed by atoms with Crippen LogP contribution in [0.1, 0.15) is 28.3 Å². The number of fused-ring (bicyclic) bond motifs is 1. The van der Waals surface area contributed by atoms with Gasteiger partial charge in [-0.15, -0.1) is 0 Å². The second kappa shape index (κ2) is 6.24. The summed E-state index contributed by atoms with van der Waals surface area (Å²) in [5.41, 5.74) is 4.06. The number of nitrogens with one attached hydrogen (secondary N) is 1. The van der Waals surface area contributed by atoms with Crippen molar-refractivity contribution < 1.29 is 9.59 Å². The van der Waals surface area contributed by atoms with E-state index in [1.54, 1.807) is 7.05 Å². The van der Waals surface area contributed by atoms with Gasteiger partial charge in [-0.05, 0) is 23.6 Å². The van der Waals surface area contributed by atoms with E-state index in [2.05, 4.69) is 5.32 Å². The molecule has 1 atom stereocenters. The Hall–Kier alpha value is -2.62. The Labute approximate surface area is 136 Å². The molecule has 4 heteroatoms. The van der Waals surface area contributed by atoms with Crippen molar-refractivity contribution in [3.8, 4) is 0 Å². The zero-order chi connectivity index (χ0) is 16.4. The molecule has 2 aromatic carbocycles. The standard InChI is InChI=1S/C19H20N2O2/c1-13-6-5-7-14(10-13)12-20-19(23)18-16-9-4-3-8-15(16)11-17(22)21(18)2/h3-10,18H,11-12H2,1-2H3,(H,20,23)/t18-/m0/s1. The number of hydrogen-bond donors (Lipinski definition) is 1. The largest absolute Gasteiger partial charge is 0.350 e. The van der Waals surface area contributed by atoms with Gasteiger partial charge in [0, 0.05) is 13.6 Å². The lowest BCUT2D eigenvalue weighted by Crippen LogP contribution is -2.45. The van der Waals surface area contributed by atoms with Gasteiger partial charge in [0.2, 0.25) is 11.8 Å². The summed E-state index contributed by atoms with van der Waals surface area (Å²) in [6.07, 6.45) is 0.355. The van der Waals surface area contributed by atoms with Crippen LogP contribution in [0.5, 0.6) is 0 Å². The van der Waals surface area contributed by atoms with Gasteiger partial charge in [0.05, 0.1) is 6.42 Å². The molecule has 0 radical (unpaired) electrons. The summed E-state index contributed by atoms with van der Waals surface area (Å²) in [7, 11) is 1.69. The Kier molecular flexibility index (Phi) is 4.15. The summed E-state index contributed by atoms with van der Waals surface area (Å²) in [5.74, 6) is -0.172. The average molecular weight is 308 g/mol. The van der Waals surface area contributed by atoms with E-state index in [9.17, 15) is 9.59 Å². The van der Waals surface area contributed by atoms with Gasteiger partial charge in [0.15, 0.2) is 0 Å². The van der Waals surface area contributed by atoms with Crippen molar-refractivity contribution >= 4 is 11.8 Å². The highest BCUT2D eigenvalue weighted by Crippen LogP contribution is 2.29. The van der Waals surface area contributed by atoms with Crippen LogP contribution in [0.25, 0.3) is 0 Å². The van der Waals surface area contributed by atoms with Crippen LogP contribution in [-0.4, -0.2) is 23.8 Å². The lowest BCUT2D eigenvalue weighted by molar-refractivity contribution is -0.140. The Balaban J connectivity index is 1.79. The number of amides is 2. The van der Waals surface area contributed by atoms with Crippen LogP contribution in [0.4, 0.5) is 0 Å². The second-order valence-corrected chi connectivity index (χ2v) is 5.99. The van der Waals surface area contributed by atoms with Crippen LogP contribution in [0.2, 0.25) is 0 Å². The number of aryl methyl sites for hydroxylation is 1. The van der Waals surface area contributed by atoms with Gasteiger partial charge in [-0.1, -0.05) is 54.1 Å². The minimum Gasteiger partial charge on any atom is -0.350 e. The van der Waals surface area contributed by atoms with Gasteiger partial charge in [-0.3, -0.25) is 9.59 Å². The van der Waals surface area contributed by atoms with Gasteiger partial charge in [0.1, 0.15) is 6.04 Å². The molecule has 4 nitrogen and oxygen atoms in total. The first-order valence-corrected chi connectivity index (χ1v) is 7.73. The van der Waals surface area contributed by atoms with Crippen LogP contribution >= 0.6 is 0 Å². The minimum atomic E-state index is -0.558. The van der Waals surface area contributed by atoms with E-state index in [0.29, 0.717) is 13.0 Å². The molecule has 0 bridgehead atoms. The number of benzene rings is 2. The number of nitrogens with zero attached hydrogens (tertiary/aromatic N) is 1. The Bertz CT molecular complexity index is 755. The van der Waals surface area contributed by atoms with Crippen LogP contribution in [0, 0.1) is 6.92 Å². The average Bonchev–Trinajstić information content (AvgIpc) is 2.54. The van der Waals surface area contributed by atoms with E-state index < -0.39 is 6.04 Å². The number of likely N-dealkylation sites (N-methyl/N-ethyl adjacent to an activating group) is 1. The van der Waals surface area contributed by atoms with Gasteiger partial charge >= 0.3 is 0 Å². The Morgan fingerprint density at radius 1 is 1.22 bits per heavy atom. The molecule has 0 spiro atoms. The lowest BCUT2D eigenvalue weighted by Gasteiger charge is -2.33. The van der Waals surface area contributed by atoms with Crippen molar-refractivity contribution in [2.45, 2.75) is 25.9 Å². The highest BCUT2D eigenvalue weighted by atomic mass is 16.2. The Morgan fingerprint density at radius 2 is 2.00 bits per heavy atom. The summed E-state index contributed by atoms with van der Waals surface area (Å²) >= 11 is 0. The smallest absolute Gasteiger partial charge is 0.247 e. The molecule has 2 amide bonds. The first-order valence-electron chi connectivity index (χ1n) is 7.73. The van der Waals surface area contributed by atoms with Crippen LogP contribution in [0.3, 0.4) is 0 Å². The minimum absolute atomic E-state index is 0.0283. The second-order valence-electron chi connectivity index (χ2n) is 5.99. The van der Waals surface area contributed by atoms with E-state index in [-0.39, 0.29) is 11.8 Å². The molecular weight excluding hydrogens is 288 g/mol. The molecular formula is C19H20N2O2. The van der Waals surface area contributed by atoms with Gasteiger partial charge in [-0.25, -0.2) is 0 Å². The monoisotopic (exact) mass is 308 g/mol. The van der Waals surface area contributed by atoms with E-state index in [4.69, 9.17) is 0 Å². The van der Waals surface area contributed by atoms with E-state index in [1.807, 2.05) is 55.5 Å². The van der Waals surface area contributed by atoms with E-state index in [1.165, 1.54) is 4.90 Å².